The summed E-state index contributed by atoms with van der Waals surface area (Å²) in [6.07, 6.45) is 3.50. The van der Waals surface area contributed by atoms with Crippen molar-refractivity contribution in [2.24, 2.45) is 0 Å². The van der Waals surface area contributed by atoms with Crippen LogP contribution in [0.15, 0.2) is 36.4 Å². The normalized spacial score (nSPS) is 12.2. The first-order valence-corrected chi connectivity index (χ1v) is 8.71. The van der Waals surface area contributed by atoms with Crippen LogP contribution in [0, 0.1) is 0 Å². The van der Waals surface area contributed by atoms with Crippen LogP contribution in [0.25, 0.3) is 0 Å². The molecule has 138 valence electrons. The number of benzene rings is 2. The molecule has 0 radical (unpaired) electrons. The number of carbonyl (C=O) groups is 1. The predicted octanol–water partition coefficient (Wildman–Crippen LogP) is 3.39. The van der Waals surface area contributed by atoms with Crippen LogP contribution in [0.4, 0.5) is 10.5 Å². The van der Waals surface area contributed by atoms with Crippen molar-refractivity contribution >= 4 is 11.7 Å². The van der Waals surface area contributed by atoms with Gasteiger partial charge in [0.05, 0.1) is 20.8 Å². The lowest BCUT2D eigenvalue weighted by Gasteiger charge is -2.12. The van der Waals surface area contributed by atoms with Crippen molar-refractivity contribution in [3.8, 4) is 17.2 Å². The number of hydrogen-bond acceptors (Lipinski definition) is 4. The Labute approximate surface area is 153 Å². The van der Waals surface area contributed by atoms with Gasteiger partial charge in [-0.25, -0.2) is 4.79 Å². The Morgan fingerprint density at radius 1 is 1.00 bits per heavy atom. The summed E-state index contributed by atoms with van der Waals surface area (Å²) < 4.78 is 16.1. The van der Waals surface area contributed by atoms with Crippen LogP contribution in [0.3, 0.4) is 0 Å². The van der Waals surface area contributed by atoms with Crippen LogP contribution in [0.1, 0.15) is 17.5 Å². The topological polar surface area (TPSA) is 68.8 Å². The van der Waals surface area contributed by atoms with Gasteiger partial charge in [0, 0.05) is 11.8 Å². The number of amides is 2. The highest BCUT2D eigenvalue weighted by atomic mass is 16.5. The SMILES string of the molecule is COc1ccc(NC(=O)NCCOc2ccc3c(c2)CCC3)cc1OC. The Balaban J connectivity index is 1.43. The van der Waals surface area contributed by atoms with Gasteiger partial charge in [0.1, 0.15) is 12.4 Å². The highest BCUT2D eigenvalue weighted by Crippen LogP contribution is 2.29. The Morgan fingerprint density at radius 2 is 1.81 bits per heavy atom. The lowest BCUT2D eigenvalue weighted by Crippen LogP contribution is -2.32. The number of fused-ring (bicyclic) bond motifs is 1. The van der Waals surface area contributed by atoms with Crippen molar-refractivity contribution in [3.05, 3.63) is 47.5 Å². The summed E-state index contributed by atoms with van der Waals surface area (Å²) in [6, 6.07) is 11.1. The minimum absolute atomic E-state index is 0.297. The molecule has 0 fully saturated rings. The molecule has 2 aromatic rings. The van der Waals surface area contributed by atoms with Gasteiger partial charge >= 0.3 is 6.03 Å². The number of rotatable bonds is 7. The van der Waals surface area contributed by atoms with E-state index in [0.717, 1.165) is 18.6 Å². The molecule has 6 nitrogen and oxygen atoms in total. The second-order valence-electron chi connectivity index (χ2n) is 6.08. The number of nitrogens with one attached hydrogen (secondary N) is 2. The molecule has 0 unspecified atom stereocenters. The Hall–Kier alpha value is -2.89. The van der Waals surface area contributed by atoms with E-state index in [4.69, 9.17) is 14.2 Å². The Kier molecular flexibility index (Phi) is 5.84. The summed E-state index contributed by atoms with van der Waals surface area (Å²) in [5.41, 5.74) is 3.42. The number of anilines is 1. The van der Waals surface area contributed by atoms with E-state index in [9.17, 15) is 4.79 Å². The van der Waals surface area contributed by atoms with Gasteiger partial charge in [-0.15, -0.1) is 0 Å². The zero-order valence-electron chi connectivity index (χ0n) is 15.1. The highest BCUT2D eigenvalue weighted by Gasteiger charge is 2.11. The maximum atomic E-state index is 12.0. The number of urea groups is 1. The summed E-state index contributed by atoms with van der Waals surface area (Å²) in [4.78, 5) is 12.0. The molecule has 1 aliphatic rings. The number of aryl methyl sites for hydroxylation is 2. The third-order valence-corrected chi connectivity index (χ3v) is 4.37. The molecular weight excluding hydrogens is 332 g/mol. The average molecular weight is 356 g/mol. The van der Waals surface area contributed by atoms with Crippen molar-refractivity contribution in [2.45, 2.75) is 19.3 Å². The van der Waals surface area contributed by atoms with Gasteiger partial charge in [-0.1, -0.05) is 6.07 Å². The van der Waals surface area contributed by atoms with E-state index in [1.807, 2.05) is 6.07 Å². The molecule has 0 saturated heterocycles. The summed E-state index contributed by atoms with van der Waals surface area (Å²) in [6.45, 7) is 0.828. The monoisotopic (exact) mass is 356 g/mol. The van der Waals surface area contributed by atoms with Crippen LogP contribution in [0.5, 0.6) is 17.2 Å². The van der Waals surface area contributed by atoms with Gasteiger partial charge in [0.15, 0.2) is 11.5 Å². The van der Waals surface area contributed by atoms with Crippen molar-refractivity contribution in [2.75, 3.05) is 32.7 Å². The molecule has 26 heavy (non-hydrogen) atoms. The van der Waals surface area contributed by atoms with E-state index in [1.165, 1.54) is 17.5 Å². The van der Waals surface area contributed by atoms with Crippen molar-refractivity contribution in [1.82, 2.24) is 5.32 Å². The van der Waals surface area contributed by atoms with Crippen LogP contribution < -0.4 is 24.8 Å². The number of carbonyl (C=O) groups excluding carboxylic acids is 1. The predicted molar refractivity (Wildman–Crippen MR) is 101 cm³/mol. The fourth-order valence-corrected chi connectivity index (χ4v) is 3.06. The van der Waals surface area contributed by atoms with E-state index >= 15 is 0 Å². The molecule has 2 amide bonds. The highest BCUT2D eigenvalue weighted by molar-refractivity contribution is 5.89. The molecule has 1 aliphatic carbocycles. The largest absolute Gasteiger partial charge is 0.493 e. The molecule has 0 saturated carbocycles. The summed E-state index contributed by atoms with van der Waals surface area (Å²) in [5, 5.41) is 5.53. The number of methoxy groups -OCH3 is 2. The fourth-order valence-electron chi connectivity index (χ4n) is 3.06. The minimum atomic E-state index is -0.297. The van der Waals surface area contributed by atoms with Gasteiger partial charge < -0.3 is 24.8 Å². The fraction of sp³-hybridized carbons (Fsp3) is 0.350. The Bertz CT molecular complexity index is 776. The van der Waals surface area contributed by atoms with Crippen molar-refractivity contribution in [3.63, 3.8) is 0 Å². The molecule has 2 N–H and O–H groups in total. The molecule has 3 rings (SSSR count). The van der Waals surface area contributed by atoms with Crippen LogP contribution in [-0.4, -0.2) is 33.4 Å². The number of ether oxygens (including phenoxy) is 3. The second kappa shape index (κ2) is 8.47. The zero-order chi connectivity index (χ0) is 18.4. The third kappa shape index (κ3) is 4.39. The van der Waals surface area contributed by atoms with E-state index in [1.54, 1.807) is 32.4 Å². The zero-order valence-corrected chi connectivity index (χ0v) is 15.1. The number of hydrogen-bond donors (Lipinski definition) is 2. The first-order chi connectivity index (χ1) is 12.7. The van der Waals surface area contributed by atoms with Gasteiger partial charge in [-0.2, -0.15) is 0 Å². The minimum Gasteiger partial charge on any atom is -0.493 e. The summed E-state index contributed by atoms with van der Waals surface area (Å²) in [5.74, 6) is 2.03. The van der Waals surface area contributed by atoms with Gasteiger partial charge in [-0.3, -0.25) is 0 Å². The van der Waals surface area contributed by atoms with E-state index in [-0.39, 0.29) is 6.03 Å². The third-order valence-electron chi connectivity index (χ3n) is 4.37. The second-order valence-corrected chi connectivity index (χ2v) is 6.08. The first-order valence-electron chi connectivity index (χ1n) is 8.71. The lowest BCUT2D eigenvalue weighted by molar-refractivity contribution is 0.247. The van der Waals surface area contributed by atoms with Crippen molar-refractivity contribution < 1.29 is 19.0 Å². The first kappa shape index (κ1) is 17.9. The molecular formula is C20H24N2O4. The Morgan fingerprint density at radius 3 is 2.62 bits per heavy atom. The molecule has 2 aromatic carbocycles. The quantitative estimate of drug-likeness (QED) is 0.746. The maximum absolute atomic E-state index is 12.0. The lowest BCUT2D eigenvalue weighted by atomic mass is 10.1. The molecule has 0 spiro atoms. The van der Waals surface area contributed by atoms with Gasteiger partial charge in [0.2, 0.25) is 0 Å². The van der Waals surface area contributed by atoms with Gasteiger partial charge in [0.25, 0.3) is 0 Å². The average Bonchev–Trinajstić information content (AvgIpc) is 3.13. The molecule has 0 atom stereocenters. The van der Waals surface area contributed by atoms with Gasteiger partial charge in [-0.05, 0) is 54.7 Å². The molecule has 0 heterocycles. The van der Waals surface area contributed by atoms with Crippen molar-refractivity contribution in [1.29, 1.82) is 0 Å². The van der Waals surface area contributed by atoms with E-state index in [0.29, 0.717) is 30.3 Å². The standard InChI is InChI=1S/C20H24N2O4/c1-24-18-9-7-16(13-19(18)25-2)22-20(23)21-10-11-26-17-8-6-14-4-3-5-15(14)12-17/h6-9,12-13H,3-5,10-11H2,1-2H3,(H2,21,22,23). The molecule has 6 heteroatoms. The van der Waals surface area contributed by atoms with E-state index < -0.39 is 0 Å². The molecule has 0 aromatic heterocycles. The summed E-state index contributed by atoms with van der Waals surface area (Å²) >= 11 is 0. The van der Waals surface area contributed by atoms with Crippen LogP contribution in [-0.2, 0) is 12.8 Å². The van der Waals surface area contributed by atoms with E-state index in [2.05, 4.69) is 22.8 Å². The smallest absolute Gasteiger partial charge is 0.319 e. The maximum Gasteiger partial charge on any atom is 0.319 e. The molecule has 0 bridgehead atoms. The van der Waals surface area contributed by atoms with Crippen LogP contribution in [0.2, 0.25) is 0 Å². The molecule has 0 aliphatic heterocycles. The van der Waals surface area contributed by atoms with Crippen LogP contribution >= 0.6 is 0 Å². The summed E-state index contributed by atoms with van der Waals surface area (Å²) in [7, 11) is 3.12.